The first-order chi connectivity index (χ1) is 6.69. The van der Waals surface area contributed by atoms with Crippen LogP contribution in [0, 0.1) is 0 Å². The summed E-state index contributed by atoms with van der Waals surface area (Å²) in [6.07, 6.45) is 2.14. The molecule has 2 atom stereocenters. The van der Waals surface area contributed by atoms with Crippen molar-refractivity contribution >= 4 is 25.3 Å². The topological polar surface area (TPSA) is 0 Å². The van der Waals surface area contributed by atoms with Crippen molar-refractivity contribution in [1.29, 1.82) is 0 Å². The molecule has 1 aromatic rings. The SMILES string of the molecule is CCC(S)c1ccc(C(S)CC)cc1. The maximum atomic E-state index is 4.51. The van der Waals surface area contributed by atoms with Crippen molar-refractivity contribution in [2.24, 2.45) is 0 Å². The monoisotopic (exact) mass is 226 g/mol. The summed E-state index contributed by atoms with van der Waals surface area (Å²) in [6.45, 7) is 4.30. The number of hydrogen-bond donors (Lipinski definition) is 2. The second kappa shape index (κ2) is 5.72. The van der Waals surface area contributed by atoms with Crippen molar-refractivity contribution in [2.45, 2.75) is 37.2 Å². The van der Waals surface area contributed by atoms with Crippen LogP contribution in [0.25, 0.3) is 0 Å². The third-order valence-electron chi connectivity index (χ3n) is 2.48. The first-order valence-electron chi connectivity index (χ1n) is 5.15. The summed E-state index contributed by atoms with van der Waals surface area (Å²) in [5, 5.41) is 0.730. The Hall–Kier alpha value is -0.0800. The van der Waals surface area contributed by atoms with Gasteiger partial charge < -0.3 is 0 Å². The molecule has 1 aromatic carbocycles. The largest absolute Gasteiger partial charge is 0.171 e. The van der Waals surface area contributed by atoms with Crippen LogP contribution in [0.3, 0.4) is 0 Å². The van der Waals surface area contributed by atoms with E-state index >= 15 is 0 Å². The molecule has 0 saturated carbocycles. The molecule has 0 heterocycles. The highest BCUT2D eigenvalue weighted by Gasteiger charge is 2.06. The fourth-order valence-electron chi connectivity index (χ4n) is 1.41. The minimum absolute atomic E-state index is 0.365. The van der Waals surface area contributed by atoms with E-state index in [0.717, 1.165) is 12.8 Å². The van der Waals surface area contributed by atoms with Crippen molar-refractivity contribution in [3.05, 3.63) is 35.4 Å². The van der Waals surface area contributed by atoms with Crippen LogP contribution in [0.2, 0.25) is 0 Å². The van der Waals surface area contributed by atoms with E-state index in [0.29, 0.717) is 10.5 Å². The number of hydrogen-bond acceptors (Lipinski definition) is 2. The molecular formula is C12H18S2. The van der Waals surface area contributed by atoms with Gasteiger partial charge in [0.1, 0.15) is 0 Å². The van der Waals surface area contributed by atoms with Crippen molar-refractivity contribution in [2.75, 3.05) is 0 Å². The molecule has 1 rings (SSSR count). The molecule has 2 unspecified atom stereocenters. The molecule has 0 nitrogen and oxygen atoms in total. The lowest BCUT2D eigenvalue weighted by atomic mass is 10.0. The Kier molecular flexibility index (Phi) is 4.90. The lowest BCUT2D eigenvalue weighted by Gasteiger charge is -2.11. The second-order valence-corrected chi connectivity index (χ2v) is 4.76. The summed E-state index contributed by atoms with van der Waals surface area (Å²) in [6, 6.07) is 8.65. The molecule has 0 amide bonds. The molecule has 0 spiro atoms. The van der Waals surface area contributed by atoms with E-state index in [1.165, 1.54) is 11.1 Å². The van der Waals surface area contributed by atoms with Gasteiger partial charge in [0.25, 0.3) is 0 Å². The van der Waals surface area contributed by atoms with Gasteiger partial charge in [-0.25, -0.2) is 0 Å². The van der Waals surface area contributed by atoms with Crippen molar-refractivity contribution < 1.29 is 0 Å². The zero-order valence-electron chi connectivity index (χ0n) is 8.77. The summed E-state index contributed by atoms with van der Waals surface area (Å²) in [4.78, 5) is 0. The first-order valence-corrected chi connectivity index (χ1v) is 6.18. The Balaban J connectivity index is 2.78. The Labute approximate surface area is 97.9 Å². The normalized spacial score (nSPS) is 15.1. The van der Waals surface area contributed by atoms with Gasteiger partial charge in [-0.1, -0.05) is 38.1 Å². The molecule has 0 fully saturated rings. The third kappa shape index (κ3) is 2.96. The molecule has 0 aliphatic carbocycles. The predicted molar refractivity (Wildman–Crippen MR) is 70.5 cm³/mol. The van der Waals surface area contributed by atoms with Crippen molar-refractivity contribution in [1.82, 2.24) is 0 Å². The first kappa shape index (κ1) is 12.0. The molecule has 0 aliphatic heterocycles. The Morgan fingerprint density at radius 1 is 0.857 bits per heavy atom. The highest BCUT2D eigenvalue weighted by Crippen LogP contribution is 2.27. The van der Waals surface area contributed by atoms with E-state index in [9.17, 15) is 0 Å². The van der Waals surface area contributed by atoms with E-state index in [-0.39, 0.29) is 0 Å². The van der Waals surface area contributed by atoms with Gasteiger partial charge in [-0.15, -0.1) is 0 Å². The molecule has 14 heavy (non-hydrogen) atoms. The molecule has 0 saturated heterocycles. The Bertz CT molecular complexity index is 237. The fourth-order valence-corrected chi connectivity index (χ4v) is 1.76. The minimum Gasteiger partial charge on any atom is -0.171 e. The lowest BCUT2D eigenvalue weighted by Crippen LogP contribution is -1.91. The van der Waals surface area contributed by atoms with Crippen molar-refractivity contribution in [3.63, 3.8) is 0 Å². The van der Waals surface area contributed by atoms with Gasteiger partial charge >= 0.3 is 0 Å². The molecule has 0 N–H and O–H groups in total. The number of thiol groups is 2. The minimum atomic E-state index is 0.365. The molecular weight excluding hydrogens is 208 g/mol. The van der Waals surface area contributed by atoms with Crippen LogP contribution in [0.15, 0.2) is 24.3 Å². The summed E-state index contributed by atoms with van der Waals surface area (Å²) in [5.74, 6) is 0. The average molecular weight is 226 g/mol. The summed E-state index contributed by atoms with van der Waals surface area (Å²) in [7, 11) is 0. The maximum absolute atomic E-state index is 4.51. The van der Waals surface area contributed by atoms with Gasteiger partial charge in [-0.3, -0.25) is 0 Å². The third-order valence-corrected chi connectivity index (χ3v) is 3.81. The predicted octanol–water partition coefficient (Wildman–Crippen LogP) is 4.45. The smallest absolute Gasteiger partial charge is 0.0264 e. The summed E-state index contributed by atoms with van der Waals surface area (Å²) >= 11 is 9.02. The average Bonchev–Trinajstić information content (AvgIpc) is 2.27. The molecule has 0 aliphatic rings. The summed E-state index contributed by atoms with van der Waals surface area (Å²) < 4.78 is 0. The second-order valence-electron chi connectivity index (χ2n) is 3.51. The van der Waals surface area contributed by atoms with Crippen LogP contribution in [0.5, 0.6) is 0 Å². The molecule has 0 bridgehead atoms. The van der Waals surface area contributed by atoms with E-state index in [1.807, 2.05) is 0 Å². The number of rotatable bonds is 4. The molecule has 78 valence electrons. The van der Waals surface area contributed by atoms with E-state index in [1.54, 1.807) is 0 Å². The molecule has 0 aromatic heterocycles. The summed E-state index contributed by atoms with van der Waals surface area (Å²) in [5.41, 5.74) is 2.60. The highest BCUT2D eigenvalue weighted by molar-refractivity contribution is 7.80. The van der Waals surface area contributed by atoms with Crippen LogP contribution in [0.1, 0.15) is 48.3 Å². The van der Waals surface area contributed by atoms with Gasteiger partial charge in [-0.2, -0.15) is 25.3 Å². The van der Waals surface area contributed by atoms with Gasteiger partial charge in [0.05, 0.1) is 0 Å². The van der Waals surface area contributed by atoms with Crippen molar-refractivity contribution in [3.8, 4) is 0 Å². The highest BCUT2D eigenvalue weighted by atomic mass is 32.1. The van der Waals surface area contributed by atoms with E-state index < -0.39 is 0 Å². The molecule has 2 heteroatoms. The molecule has 0 radical (unpaired) electrons. The van der Waals surface area contributed by atoms with Crippen LogP contribution in [-0.2, 0) is 0 Å². The fraction of sp³-hybridized carbons (Fsp3) is 0.500. The zero-order chi connectivity index (χ0) is 10.6. The van der Waals surface area contributed by atoms with Gasteiger partial charge in [0, 0.05) is 10.5 Å². The van der Waals surface area contributed by atoms with Gasteiger partial charge in [0.2, 0.25) is 0 Å². The van der Waals surface area contributed by atoms with Crippen LogP contribution in [-0.4, -0.2) is 0 Å². The Morgan fingerprint density at radius 3 is 1.36 bits per heavy atom. The van der Waals surface area contributed by atoms with Gasteiger partial charge in [0.15, 0.2) is 0 Å². The van der Waals surface area contributed by atoms with Gasteiger partial charge in [-0.05, 0) is 24.0 Å². The zero-order valence-corrected chi connectivity index (χ0v) is 10.6. The van der Waals surface area contributed by atoms with Crippen LogP contribution < -0.4 is 0 Å². The maximum Gasteiger partial charge on any atom is 0.0264 e. The van der Waals surface area contributed by atoms with Crippen LogP contribution in [0.4, 0.5) is 0 Å². The van der Waals surface area contributed by atoms with E-state index in [4.69, 9.17) is 0 Å². The van der Waals surface area contributed by atoms with E-state index in [2.05, 4.69) is 63.4 Å². The quantitative estimate of drug-likeness (QED) is 0.696. The Morgan fingerprint density at radius 2 is 1.14 bits per heavy atom. The van der Waals surface area contributed by atoms with Crippen LogP contribution >= 0.6 is 25.3 Å². The number of benzene rings is 1. The standard InChI is InChI=1S/C12H18S2/c1-3-11(13)9-5-7-10(8-6-9)12(14)4-2/h5-8,11-14H,3-4H2,1-2H3. The lowest BCUT2D eigenvalue weighted by molar-refractivity contribution is 0.885.